The molecule has 2 aliphatic carbocycles. The third kappa shape index (κ3) is 2.80. The van der Waals surface area contributed by atoms with Crippen molar-refractivity contribution in [3.8, 4) is 0 Å². The first kappa shape index (κ1) is 18.3. The number of hydrogen-bond acceptors (Lipinski definition) is 6. The number of carbonyl (C=O) groups is 3. The number of esters is 2. The van der Waals surface area contributed by atoms with Gasteiger partial charge >= 0.3 is 11.9 Å². The van der Waals surface area contributed by atoms with E-state index in [0.717, 1.165) is 24.8 Å². The van der Waals surface area contributed by atoms with Gasteiger partial charge in [0.25, 0.3) is 0 Å². The number of Topliss-reactive ketones (excluding diaryl/α,β-unsaturated/α-hetero) is 1. The summed E-state index contributed by atoms with van der Waals surface area (Å²) in [6.45, 7) is 5.52. The van der Waals surface area contributed by atoms with E-state index in [1.165, 1.54) is 6.92 Å². The highest BCUT2D eigenvalue weighted by Crippen LogP contribution is 2.63. The minimum absolute atomic E-state index is 0.0354. The van der Waals surface area contributed by atoms with Crippen LogP contribution in [0.4, 0.5) is 0 Å². The first-order valence-electron chi connectivity index (χ1n) is 9.68. The van der Waals surface area contributed by atoms with Crippen molar-refractivity contribution in [1.82, 2.24) is 0 Å². The monoisotopic (exact) mass is 374 g/mol. The highest BCUT2D eigenvalue weighted by molar-refractivity contribution is 5.90. The molecule has 0 aromatic carbocycles. The topological polar surface area (TPSA) is 82.8 Å². The van der Waals surface area contributed by atoms with E-state index >= 15 is 0 Å². The van der Waals surface area contributed by atoms with Gasteiger partial charge in [0.2, 0.25) is 0 Å². The molecular formula is C21H26O6. The van der Waals surface area contributed by atoms with Gasteiger partial charge in [-0.25, -0.2) is 0 Å². The van der Waals surface area contributed by atoms with Crippen molar-refractivity contribution in [3.63, 3.8) is 0 Å². The third-order valence-electron chi connectivity index (χ3n) is 7.13. The Kier molecular flexibility index (Phi) is 4.20. The normalized spacial score (nSPS) is 41.3. The van der Waals surface area contributed by atoms with E-state index in [1.807, 2.05) is 6.92 Å². The van der Waals surface area contributed by atoms with Gasteiger partial charge in [-0.1, -0.05) is 13.8 Å². The van der Waals surface area contributed by atoms with Crippen LogP contribution in [0, 0.1) is 22.7 Å². The summed E-state index contributed by atoms with van der Waals surface area (Å²) < 4.78 is 16.2. The van der Waals surface area contributed by atoms with Gasteiger partial charge in [0.05, 0.1) is 18.4 Å². The Hall–Kier alpha value is -2.11. The van der Waals surface area contributed by atoms with Crippen molar-refractivity contribution < 1.29 is 28.3 Å². The maximum Gasteiger partial charge on any atom is 0.310 e. The largest absolute Gasteiger partial charge is 0.472 e. The van der Waals surface area contributed by atoms with Gasteiger partial charge in [0.15, 0.2) is 11.9 Å². The summed E-state index contributed by atoms with van der Waals surface area (Å²) in [5, 5.41) is 0. The number of carbonyl (C=O) groups excluding carboxylic acids is 3. The lowest BCUT2D eigenvalue weighted by molar-refractivity contribution is -0.201. The molecule has 6 atom stereocenters. The second kappa shape index (κ2) is 6.21. The predicted molar refractivity (Wildman–Crippen MR) is 94.4 cm³/mol. The molecule has 1 aliphatic heterocycles. The molecular weight excluding hydrogens is 348 g/mol. The molecule has 0 spiro atoms. The Balaban J connectivity index is 1.71. The lowest BCUT2D eigenvalue weighted by atomic mass is 9.45. The molecule has 0 radical (unpaired) electrons. The quantitative estimate of drug-likeness (QED) is 0.736. The van der Waals surface area contributed by atoms with Crippen LogP contribution >= 0.6 is 0 Å². The zero-order chi connectivity index (χ0) is 19.4. The van der Waals surface area contributed by atoms with E-state index in [-0.39, 0.29) is 29.0 Å². The van der Waals surface area contributed by atoms with Crippen LogP contribution in [0.2, 0.25) is 0 Å². The van der Waals surface area contributed by atoms with Gasteiger partial charge < -0.3 is 13.9 Å². The predicted octanol–water partition coefficient (Wildman–Crippen LogP) is 3.60. The van der Waals surface area contributed by atoms with Crippen molar-refractivity contribution in [3.05, 3.63) is 24.2 Å². The standard InChI is InChI=1S/C21H26O6/c1-12(22)26-15-5-8-20(2)7-4-14-19(24)27-16(13-6-9-25-11-13)10-21(14,3)18(20)17(15)23/h6,9,11,14-16,18H,4-5,7-8,10H2,1-3H3/t14?,15-,16-,18?,20-,21-/m0/s1. The lowest BCUT2D eigenvalue weighted by Gasteiger charge is -2.59. The van der Waals surface area contributed by atoms with E-state index in [2.05, 4.69) is 6.92 Å². The van der Waals surface area contributed by atoms with Crippen molar-refractivity contribution >= 4 is 17.7 Å². The molecule has 6 heteroatoms. The minimum atomic E-state index is -0.707. The average molecular weight is 374 g/mol. The summed E-state index contributed by atoms with van der Waals surface area (Å²) in [4.78, 5) is 37.7. The second-order valence-corrected chi connectivity index (χ2v) is 8.91. The Morgan fingerprint density at radius 1 is 1.22 bits per heavy atom. The summed E-state index contributed by atoms with van der Waals surface area (Å²) in [6.07, 6.45) is 5.51. The van der Waals surface area contributed by atoms with E-state index in [9.17, 15) is 14.4 Å². The van der Waals surface area contributed by atoms with Crippen LogP contribution in [0.3, 0.4) is 0 Å². The van der Waals surface area contributed by atoms with Gasteiger partial charge in [-0.15, -0.1) is 0 Å². The van der Waals surface area contributed by atoms with Crippen LogP contribution in [0.1, 0.15) is 64.5 Å². The number of ketones is 1. The summed E-state index contributed by atoms with van der Waals surface area (Å²) in [5.41, 5.74) is 0.104. The van der Waals surface area contributed by atoms with E-state index in [0.29, 0.717) is 12.8 Å². The molecule has 146 valence electrons. The Bertz CT molecular complexity index is 768. The maximum atomic E-state index is 13.4. The summed E-state index contributed by atoms with van der Waals surface area (Å²) >= 11 is 0. The first-order chi connectivity index (χ1) is 12.7. The smallest absolute Gasteiger partial charge is 0.310 e. The molecule has 2 heterocycles. The Morgan fingerprint density at radius 3 is 2.63 bits per heavy atom. The average Bonchev–Trinajstić information content (AvgIpc) is 3.11. The van der Waals surface area contributed by atoms with Crippen molar-refractivity contribution in [2.24, 2.45) is 22.7 Å². The molecule has 0 N–H and O–H groups in total. The van der Waals surface area contributed by atoms with Crippen molar-refractivity contribution in [2.45, 2.75) is 65.1 Å². The summed E-state index contributed by atoms with van der Waals surface area (Å²) in [6, 6.07) is 1.80. The number of fused-ring (bicyclic) bond motifs is 3. The van der Waals surface area contributed by atoms with Crippen LogP contribution < -0.4 is 0 Å². The molecule has 2 unspecified atom stereocenters. The molecule has 27 heavy (non-hydrogen) atoms. The van der Waals surface area contributed by atoms with Crippen LogP contribution in [-0.2, 0) is 23.9 Å². The highest BCUT2D eigenvalue weighted by atomic mass is 16.6. The number of ether oxygens (including phenoxy) is 2. The van der Waals surface area contributed by atoms with E-state index in [4.69, 9.17) is 13.9 Å². The van der Waals surface area contributed by atoms with Crippen LogP contribution in [0.25, 0.3) is 0 Å². The zero-order valence-corrected chi connectivity index (χ0v) is 16.0. The second-order valence-electron chi connectivity index (χ2n) is 8.91. The Labute approximate surface area is 158 Å². The molecule has 1 aromatic rings. The number of cyclic esters (lactones) is 1. The van der Waals surface area contributed by atoms with Crippen LogP contribution in [0.5, 0.6) is 0 Å². The minimum Gasteiger partial charge on any atom is -0.472 e. The summed E-state index contributed by atoms with van der Waals surface area (Å²) in [7, 11) is 0. The molecule has 0 bridgehead atoms. The molecule has 2 saturated carbocycles. The van der Waals surface area contributed by atoms with Gasteiger partial charge in [0.1, 0.15) is 6.10 Å². The lowest BCUT2D eigenvalue weighted by Crippen LogP contribution is -2.61. The van der Waals surface area contributed by atoms with E-state index < -0.39 is 23.6 Å². The van der Waals surface area contributed by atoms with E-state index in [1.54, 1.807) is 18.6 Å². The zero-order valence-electron chi connectivity index (χ0n) is 16.0. The van der Waals surface area contributed by atoms with Crippen LogP contribution in [0.15, 0.2) is 23.0 Å². The molecule has 4 rings (SSSR count). The van der Waals surface area contributed by atoms with Crippen LogP contribution in [-0.4, -0.2) is 23.8 Å². The fourth-order valence-corrected chi connectivity index (χ4v) is 5.94. The van der Waals surface area contributed by atoms with Gasteiger partial charge in [-0.05, 0) is 49.0 Å². The first-order valence-corrected chi connectivity index (χ1v) is 9.68. The Morgan fingerprint density at radius 2 is 1.96 bits per heavy atom. The van der Waals surface area contributed by atoms with Gasteiger partial charge in [-0.3, -0.25) is 14.4 Å². The molecule has 6 nitrogen and oxygen atoms in total. The van der Waals surface area contributed by atoms with Gasteiger partial charge in [-0.2, -0.15) is 0 Å². The highest BCUT2D eigenvalue weighted by Gasteiger charge is 2.64. The molecule has 0 amide bonds. The SMILES string of the molecule is CC(=O)O[C@H]1CC[C@]2(C)CCC3C(=O)O[C@H](c4ccoc4)C[C@]3(C)C2C1=O. The van der Waals surface area contributed by atoms with Crippen molar-refractivity contribution in [1.29, 1.82) is 0 Å². The molecule has 1 aromatic heterocycles. The third-order valence-corrected chi connectivity index (χ3v) is 7.13. The molecule has 1 saturated heterocycles. The maximum absolute atomic E-state index is 13.4. The molecule has 3 aliphatic rings. The van der Waals surface area contributed by atoms with Crippen molar-refractivity contribution in [2.75, 3.05) is 0 Å². The van der Waals surface area contributed by atoms with Gasteiger partial charge in [0, 0.05) is 18.4 Å². The summed E-state index contributed by atoms with van der Waals surface area (Å²) in [5.74, 6) is -1.34. The fourth-order valence-electron chi connectivity index (χ4n) is 5.94. The number of hydrogen-bond donors (Lipinski definition) is 0. The number of rotatable bonds is 2. The molecule has 3 fully saturated rings. The number of furan rings is 1. The fraction of sp³-hybridized carbons (Fsp3) is 0.667.